The standard InChI is InChI=1S/C12H6F6S/c13-11(14,15)8-6-9(12(16,17)18)19-10(8)7-4-2-1-3-5-7/h1-6H. The lowest BCUT2D eigenvalue weighted by molar-refractivity contribution is -0.139. The maximum absolute atomic E-state index is 12.8. The van der Waals surface area contributed by atoms with Gasteiger partial charge in [-0.1, -0.05) is 30.3 Å². The number of rotatable bonds is 1. The fourth-order valence-electron chi connectivity index (χ4n) is 1.55. The van der Waals surface area contributed by atoms with Gasteiger partial charge < -0.3 is 0 Å². The van der Waals surface area contributed by atoms with Gasteiger partial charge in [-0.25, -0.2) is 0 Å². The Hall–Kier alpha value is -1.50. The SMILES string of the molecule is FC(F)(F)c1cc(C(F)(F)F)c(-c2ccccc2)s1. The number of hydrogen-bond acceptors (Lipinski definition) is 1. The van der Waals surface area contributed by atoms with E-state index in [1.54, 1.807) is 6.07 Å². The van der Waals surface area contributed by atoms with Gasteiger partial charge in [0, 0.05) is 4.88 Å². The largest absolute Gasteiger partial charge is 0.425 e. The second-order valence-corrected chi connectivity index (χ2v) is 4.77. The van der Waals surface area contributed by atoms with E-state index < -0.39 is 27.7 Å². The highest BCUT2D eigenvalue weighted by Crippen LogP contribution is 2.46. The highest BCUT2D eigenvalue weighted by Gasteiger charge is 2.41. The molecule has 0 saturated carbocycles. The molecular weight excluding hydrogens is 290 g/mol. The van der Waals surface area contributed by atoms with Crippen molar-refractivity contribution >= 4 is 11.3 Å². The van der Waals surface area contributed by atoms with E-state index in [2.05, 4.69) is 0 Å². The van der Waals surface area contributed by atoms with E-state index in [1.807, 2.05) is 0 Å². The number of halogens is 6. The van der Waals surface area contributed by atoms with Crippen LogP contribution in [0.4, 0.5) is 26.3 Å². The van der Waals surface area contributed by atoms with Crippen LogP contribution in [0.2, 0.25) is 0 Å². The fourth-order valence-corrected chi connectivity index (χ4v) is 2.60. The number of hydrogen-bond donors (Lipinski definition) is 0. The van der Waals surface area contributed by atoms with Crippen molar-refractivity contribution in [2.24, 2.45) is 0 Å². The number of benzene rings is 1. The van der Waals surface area contributed by atoms with Crippen molar-refractivity contribution in [2.75, 3.05) is 0 Å². The van der Waals surface area contributed by atoms with Crippen LogP contribution in [0.3, 0.4) is 0 Å². The maximum Gasteiger partial charge on any atom is 0.425 e. The normalized spacial score (nSPS) is 12.7. The summed E-state index contributed by atoms with van der Waals surface area (Å²) in [4.78, 5) is -1.67. The van der Waals surface area contributed by atoms with Crippen LogP contribution < -0.4 is 0 Å². The molecule has 0 unspecified atom stereocenters. The molecule has 0 spiro atoms. The van der Waals surface area contributed by atoms with Crippen molar-refractivity contribution < 1.29 is 26.3 Å². The van der Waals surface area contributed by atoms with Crippen LogP contribution in [-0.4, -0.2) is 0 Å². The molecule has 2 rings (SSSR count). The average Bonchev–Trinajstić information content (AvgIpc) is 2.74. The van der Waals surface area contributed by atoms with Gasteiger partial charge in [-0.15, -0.1) is 11.3 Å². The van der Waals surface area contributed by atoms with Crippen molar-refractivity contribution in [3.05, 3.63) is 46.8 Å². The Morgan fingerprint density at radius 1 is 0.789 bits per heavy atom. The number of alkyl halides is 6. The third kappa shape index (κ3) is 2.91. The van der Waals surface area contributed by atoms with Crippen LogP contribution in [0.25, 0.3) is 10.4 Å². The monoisotopic (exact) mass is 296 g/mol. The van der Waals surface area contributed by atoms with Crippen molar-refractivity contribution in [3.63, 3.8) is 0 Å². The maximum atomic E-state index is 12.8. The third-order valence-corrected chi connectivity index (χ3v) is 3.58. The molecule has 102 valence electrons. The first-order valence-corrected chi connectivity index (χ1v) is 5.85. The first-order chi connectivity index (χ1) is 8.69. The quantitative estimate of drug-likeness (QED) is 0.614. The third-order valence-electron chi connectivity index (χ3n) is 2.35. The summed E-state index contributed by atoms with van der Waals surface area (Å²) >= 11 is 0.101. The Kier molecular flexibility index (Phi) is 3.34. The van der Waals surface area contributed by atoms with Gasteiger partial charge in [0.2, 0.25) is 0 Å². The van der Waals surface area contributed by atoms with Crippen LogP contribution >= 0.6 is 11.3 Å². The molecule has 1 heterocycles. The molecule has 0 fully saturated rings. The van der Waals surface area contributed by atoms with Crippen LogP contribution in [-0.2, 0) is 12.4 Å². The lowest BCUT2D eigenvalue weighted by atomic mass is 10.1. The highest BCUT2D eigenvalue weighted by molar-refractivity contribution is 7.15. The second kappa shape index (κ2) is 4.56. The van der Waals surface area contributed by atoms with Crippen LogP contribution in [0.5, 0.6) is 0 Å². The molecule has 0 radical (unpaired) electrons. The Bertz CT molecular complexity index is 564. The van der Waals surface area contributed by atoms with Crippen molar-refractivity contribution in [3.8, 4) is 10.4 Å². The Morgan fingerprint density at radius 2 is 1.37 bits per heavy atom. The van der Waals surface area contributed by atoms with Gasteiger partial charge >= 0.3 is 12.4 Å². The van der Waals surface area contributed by atoms with Gasteiger partial charge in [0.15, 0.2) is 0 Å². The summed E-state index contributed by atoms with van der Waals surface area (Å²) in [6, 6.07) is 7.38. The summed E-state index contributed by atoms with van der Waals surface area (Å²) in [6.45, 7) is 0. The van der Waals surface area contributed by atoms with Crippen LogP contribution in [0.15, 0.2) is 36.4 Å². The van der Waals surface area contributed by atoms with Gasteiger partial charge in [-0.05, 0) is 11.6 Å². The highest BCUT2D eigenvalue weighted by atomic mass is 32.1. The molecule has 0 aliphatic heterocycles. The molecule has 0 N–H and O–H groups in total. The minimum Gasteiger partial charge on any atom is -0.166 e. The summed E-state index contributed by atoms with van der Waals surface area (Å²) in [6.07, 6.45) is -9.59. The van der Waals surface area contributed by atoms with Gasteiger partial charge in [0.05, 0.1) is 5.56 Å². The molecular formula is C12H6F6S. The summed E-state index contributed by atoms with van der Waals surface area (Å²) < 4.78 is 75.9. The molecule has 0 bridgehead atoms. The topological polar surface area (TPSA) is 0 Å². The van der Waals surface area contributed by atoms with E-state index in [0.29, 0.717) is 0 Å². The zero-order valence-corrected chi connectivity index (χ0v) is 9.96. The van der Waals surface area contributed by atoms with Gasteiger partial charge in [0.25, 0.3) is 0 Å². The molecule has 2 aromatic rings. The molecule has 0 aliphatic rings. The predicted octanol–water partition coefficient (Wildman–Crippen LogP) is 5.45. The minimum absolute atomic E-state index is 0.101. The van der Waals surface area contributed by atoms with E-state index >= 15 is 0 Å². The van der Waals surface area contributed by atoms with Gasteiger partial charge in [-0.2, -0.15) is 26.3 Å². The molecule has 0 aliphatic carbocycles. The molecule has 19 heavy (non-hydrogen) atoms. The molecule has 1 aromatic carbocycles. The summed E-state index contributed by atoms with van der Waals surface area (Å²) in [5.74, 6) is 0. The molecule has 0 atom stereocenters. The molecule has 0 amide bonds. The van der Waals surface area contributed by atoms with E-state index in [-0.39, 0.29) is 23.0 Å². The Morgan fingerprint density at radius 3 is 1.84 bits per heavy atom. The minimum atomic E-state index is -4.81. The zero-order valence-electron chi connectivity index (χ0n) is 9.14. The molecule has 0 saturated heterocycles. The van der Waals surface area contributed by atoms with Crippen molar-refractivity contribution in [2.45, 2.75) is 12.4 Å². The number of thiophene rings is 1. The van der Waals surface area contributed by atoms with Crippen LogP contribution in [0, 0.1) is 0 Å². The lowest BCUT2D eigenvalue weighted by Gasteiger charge is -2.07. The van der Waals surface area contributed by atoms with E-state index in [0.717, 1.165) is 0 Å². The summed E-state index contributed by atoms with van der Waals surface area (Å²) in [5.41, 5.74) is -1.13. The summed E-state index contributed by atoms with van der Waals surface area (Å²) in [7, 11) is 0. The zero-order chi connectivity index (χ0) is 14.3. The van der Waals surface area contributed by atoms with Gasteiger partial charge in [-0.3, -0.25) is 0 Å². The predicted molar refractivity (Wildman–Crippen MR) is 59.8 cm³/mol. The van der Waals surface area contributed by atoms with Crippen LogP contribution in [0.1, 0.15) is 10.4 Å². The van der Waals surface area contributed by atoms with E-state index in [1.165, 1.54) is 24.3 Å². The van der Waals surface area contributed by atoms with Crippen molar-refractivity contribution in [1.82, 2.24) is 0 Å². The Labute approximate surface area is 108 Å². The second-order valence-electron chi connectivity index (χ2n) is 3.71. The van der Waals surface area contributed by atoms with E-state index in [9.17, 15) is 26.3 Å². The molecule has 7 heteroatoms. The smallest absolute Gasteiger partial charge is 0.166 e. The molecule has 1 aromatic heterocycles. The van der Waals surface area contributed by atoms with E-state index in [4.69, 9.17) is 0 Å². The summed E-state index contributed by atoms with van der Waals surface area (Å²) in [5, 5.41) is 0. The first kappa shape index (κ1) is 13.9. The van der Waals surface area contributed by atoms with Crippen molar-refractivity contribution in [1.29, 1.82) is 0 Å². The first-order valence-electron chi connectivity index (χ1n) is 5.03. The average molecular weight is 296 g/mol. The lowest BCUT2D eigenvalue weighted by Crippen LogP contribution is -2.06. The molecule has 0 nitrogen and oxygen atoms in total. The fraction of sp³-hybridized carbons (Fsp3) is 0.167. The van der Waals surface area contributed by atoms with Gasteiger partial charge in [0.1, 0.15) is 4.88 Å². The Balaban J connectivity index is 2.63.